The van der Waals surface area contributed by atoms with Crippen LogP contribution in [0.3, 0.4) is 0 Å². The van der Waals surface area contributed by atoms with Crippen LogP contribution >= 0.6 is 0 Å². The number of nitrogens with one attached hydrogen (secondary N) is 1. The molecular weight excluding hydrogens is 330 g/mol. The Balaban J connectivity index is 1.61. The lowest BCUT2D eigenvalue weighted by Gasteiger charge is -2.34. The molecule has 0 radical (unpaired) electrons. The van der Waals surface area contributed by atoms with E-state index in [4.69, 9.17) is 0 Å². The molecule has 6 nitrogen and oxygen atoms in total. The largest absolute Gasteiger partial charge is 0.465 e. The average molecular weight is 353 g/mol. The number of rotatable bonds is 4. The van der Waals surface area contributed by atoms with Crippen molar-refractivity contribution in [2.75, 3.05) is 50.6 Å². The van der Waals surface area contributed by atoms with Gasteiger partial charge in [0.15, 0.2) is 0 Å². The van der Waals surface area contributed by atoms with Gasteiger partial charge in [0.25, 0.3) is 5.91 Å². The molecule has 0 bridgehead atoms. The molecule has 0 aliphatic carbocycles. The normalized spacial score (nSPS) is 14.8. The zero-order valence-electron chi connectivity index (χ0n) is 15.1. The van der Waals surface area contributed by atoms with E-state index in [1.165, 1.54) is 12.8 Å². The number of carbonyl (C=O) groups is 2. The zero-order chi connectivity index (χ0) is 18.5. The zero-order valence-corrected chi connectivity index (χ0v) is 15.1. The molecule has 1 aliphatic heterocycles. The Labute approximate surface area is 153 Å². The Hall–Kier alpha value is -2.86. The van der Waals surface area contributed by atoms with Crippen LogP contribution in [-0.2, 0) is 4.74 Å². The molecule has 0 aromatic heterocycles. The molecule has 1 amide bonds. The van der Waals surface area contributed by atoms with Crippen molar-refractivity contribution in [2.24, 2.45) is 0 Å². The van der Waals surface area contributed by atoms with Gasteiger partial charge in [0.05, 0.1) is 12.7 Å². The highest BCUT2D eigenvalue weighted by molar-refractivity contribution is 6.04. The monoisotopic (exact) mass is 353 g/mol. The molecule has 1 heterocycles. The van der Waals surface area contributed by atoms with E-state index in [-0.39, 0.29) is 5.91 Å². The highest BCUT2D eigenvalue weighted by Crippen LogP contribution is 2.20. The van der Waals surface area contributed by atoms with Gasteiger partial charge in [-0.15, -0.1) is 0 Å². The van der Waals surface area contributed by atoms with E-state index in [1.54, 1.807) is 24.3 Å². The molecule has 1 fully saturated rings. The number of nitrogens with zero attached hydrogens (tertiary/aromatic N) is 2. The number of benzene rings is 2. The van der Waals surface area contributed by atoms with Gasteiger partial charge in [0.1, 0.15) is 0 Å². The van der Waals surface area contributed by atoms with Crippen LogP contribution in [0.5, 0.6) is 0 Å². The molecule has 1 saturated heterocycles. The molecule has 0 saturated carbocycles. The van der Waals surface area contributed by atoms with Gasteiger partial charge in [-0.3, -0.25) is 4.79 Å². The van der Waals surface area contributed by atoms with Crippen molar-refractivity contribution in [1.82, 2.24) is 4.90 Å². The summed E-state index contributed by atoms with van der Waals surface area (Å²) in [6, 6.07) is 14.3. The minimum Gasteiger partial charge on any atom is -0.465 e. The fraction of sp³-hybridized carbons (Fsp3) is 0.300. The average Bonchev–Trinajstić information content (AvgIpc) is 2.69. The van der Waals surface area contributed by atoms with Gasteiger partial charge in [-0.25, -0.2) is 4.79 Å². The summed E-state index contributed by atoms with van der Waals surface area (Å²) >= 11 is 0. The summed E-state index contributed by atoms with van der Waals surface area (Å²) in [5, 5.41) is 2.88. The smallest absolute Gasteiger partial charge is 0.337 e. The highest BCUT2D eigenvalue weighted by Gasteiger charge is 2.14. The van der Waals surface area contributed by atoms with Crippen LogP contribution in [0.15, 0.2) is 48.5 Å². The maximum Gasteiger partial charge on any atom is 0.337 e. The molecule has 136 valence electrons. The van der Waals surface area contributed by atoms with Crippen LogP contribution in [0.1, 0.15) is 20.7 Å². The minimum atomic E-state index is -0.420. The van der Waals surface area contributed by atoms with Crippen molar-refractivity contribution in [3.8, 4) is 0 Å². The third-order valence-electron chi connectivity index (χ3n) is 4.56. The van der Waals surface area contributed by atoms with Crippen LogP contribution in [-0.4, -0.2) is 57.1 Å². The first-order valence-electron chi connectivity index (χ1n) is 8.60. The summed E-state index contributed by atoms with van der Waals surface area (Å²) in [4.78, 5) is 28.4. The van der Waals surface area contributed by atoms with Gasteiger partial charge in [-0.05, 0) is 55.6 Å². The second-order valence-corrected chi connectivity index (χ2v) is 6.36. The first kappa shape index (κ1) is 17.9. The predicted molar refractivity (Wildman–Crippen MR) is 102 cm³/mol. The Morgan fingerprint density at radius 1 is 0.885 bits per heavy atom. The van der Waals surface area contributed by atoms with E-state index in [0.29, 0.717) is 11.1 Å². The Morgan fingerprint density at radius 3 is 2.04 bits per heavy atom. The fourth-order valence-electron chi connectivity index (χ4n) is 2.90. The summed E-state index contributed by atoms with van der Waals surface area (Å²) in [7, 11) is 3.46. The van der Waals surface area contributed by atoms with Gasteiger partial charge >= 0.3 is 5.97 Å². The standard InChI is InChI=1S/C20H23N3O3/c1-22-11-13-23(14-12-22)18-9-7-17(8-10-18)21-19(24)15-3-5-16(6-4-15)20(25)26-2/h3-10H,11-14H2,1-2H3,(H,21,24). The van der Waals surface area contributed by atoms with Crippen LogP contribution in [0.25, 0.3) is 0 Å². The van der Waals surface area contributed by atoms with Gasteiger partial charge in [-0.2, -0.15) is 0 Å². The number of ether oxygens (including phenoxy) is 1. The lowest BCUT2D eigenvalue weighted by Crippen LogP contribution is -2.44. The van der Waals surface area contributed by atoms with Gasteiger partial charge in [0, 0.05) is 43.1 Å². The summed E-state index contributed by atoms with van der Waals surface area (Å²) in [5.41, 5.74) is 2.81. The summed E-state index contributed by atoms with van der Waals surface area (Å²) < 4.78 is 4.65. The van der Waals surface area contributed by atoms with E-state index in [1.807, 2.05) is 24.3 Å². The minimum absolute atomic E-state index is 0.214. The SMILES string of the molecule is COC(=O)c1ccc(C(=O)Nc2ccc(N3CCN(C)CC3)cc2)cc1. The van der Waals surface area contributed by atoms with Crippen molar-refractivity contribution < 1.29 is 14.3 Å². The number of anilines is 2. The number of esters is 1. The van der Waals surface area contributed by atoms with Crippen LogP contribution in [0, 0.1) is 0 Å². The van der Waals surface area contributed by atoms with Crippen LogP contribution in [0.4, 0.5) is 11.4 Å². The van der Waals surface area contributed by atoms with Crippen LogP contribution in [0.2, 0.25) is 0 Å². The van der Waals surface area contributed by atoms with E-state index >= 15 is 0 Å². The third kappa shape index (κ3) is 4.21. The third-order valence-corrected chi connectivity index (χ3v) is 4.56. The van der Waals surface area contributed by atoms with E-state index in [9.17, 15) is 9.59 Å². The lowest BCUT2D eigenvalue weighted by molar-refractivity contribution is 0.0600. The van der Waals surface area contributed by atoms with Gasteiger partial charge < -0.3 is 19.9 Å². The van der Waals surface area contributed by atoms with Gasteiger partial charge in [-0.1, -0.05) is 0 Å². The van der Waals surface area contributed by atoms with E-state index in [2.05, 4.69) is 26.9 Å². The Kier molecular flexibility index (Phi) is 5.53. The molecule has 0 atom stereocenters. The lowest BCUT2D eigenvalue weighted by atomic mass is 10.1. The van der Waals surface area contributed by atoms with Crippen molar-refractivity contribution in [3.63, 3.8) is 0 Å². The highest BCUT2D eigenvalue weighted by atomic mass is 16.5. The number of hydrogen-bond donors (Lipinski definition) is 1. The van der Waals surface area contributed by atoms with Crippen molar-refractivity contribution in [2.45, 2.75) is 0 Å². The van der Waals surface area contributed by atoms with Crippen molar-refractivity contribution in [1.29, 1.82) is 0 Å². The molecule has 0 spiro atoms. The number of hydrogen-bond acceptors (Lipinski definition) is 5. The van der Waals surface area contributed by atoms with Crippen molar-refractivity contribution in [3.05, 3.63) is 59.7 Å². The molecule has 0 unspecified atom stereocenters. The topological polar surface area (TPSA) is 61.9 Å². The van der Waals surface area contributed by atoms with Crippen LogP contribution < -0.4 is 10.2 Å². The number of methoxy groups -OCH3 is 1. The second kappa shape index (κ2) is 8.01. The first-order chi connectivity index (χ1) is 12.6. The fourth-order valence-corrected chi connectivity index (χ4v) is 2.90. The van der Waals surface area contributed by atoms with E-state index in [0.717, 1.165) is 31.9 Å². The summed E-state index contributed by atoms with van der Waals surface area (Å²) in [5.74, 6) is -0.634. The number of carbonyl (C=O) groups excluding carboxylic acids is 2. The second-order valence-electron chi connectivity index (χ2n) is 6.36. The maximum absolute atomic E-state index is 12.3. The molecule has 2 aromatic carbocycles. The Bertz CT molecular complexity index is 764. The molecule has 26 heavy (non-hydrogen) atoms. The maximum atomic E-state index is 12.3. The van der Waals surface area contributed by atoms with Crippen molar-refractivity contribution >= 4 is 23.3 Å². The molecule has 1 N–H and O–H groups in total. The number of likely N-dealkylation sites (N-methyl/N-ethyl adjacent to an activating group) is 1. The molecule has 1 aliphatic rings. The summed E-state index contributed by atoms with van der Waals surface area (Å²) in [6.45, 7) is 4.13. The number of amides is 1. The molecule has 2 aromatic rings. The van der Waals surface area contributed by atoms with Gasteiger partial charge in [0.2, 0.25) is 0 Å². The molecule has 3 rings (SSSR count). The quantitative estimate of drug-likeness (QED) is 0.856. The first-order valence-corrected chi connectivity index (χ1v) is 8.60. The predicted octanol–water partition coefficient (Wildman–Crippen LogP) is 2.48. The molecule has 6 heteroatoms. The number of piperazine rings is 1. The Morgan fingerprint density at radius 2 is 1.46 bits per heavy atom. The van der Waals surface area contributed by atoms with E-state index < -0.39 is 5.97 Å². The summed E-state index contributed by atoms with van der Waals surface area (Å²) in [6.07, 6.45) is 0. The molecular formula is C20H23N3O3.